The molecule has 1 aliphatic heterocycles. The second-order valence-electron chi connectivity index (χ2n) is 3.46. The second kappa shape index (κ2) is 2.98. The Kier molecular flexibility index (Phi) is 2.03. The number of halogens is 3. The fraction of sp³-hybridized carbons (Fsp3) is 0.200. The average Bonchev–Trinajstić information content (AvgIpc) is 2.46. The first kappa shape index (κ1) is 9.52. The standard InChI is InChI=1S/C10H9F3Si/c1-6-5-14-9-4-7(10(11,12)13)2-3-8(6)9/h2-5H,14H2,1H3. The van der Waals surface area contributed by atoms with Crippen molar-refractivity contribution in [3.8, 4) is 0 Å². The predicted octanol–water partition coefficient (Wildman–Crippen LogP) is 1.87. The van der Waals surface area contributed by atoms with E-state index < -0.39 is 21.3 Å². The zero-order valence-electron chi connectivity index (χ0n) is 7.65. The van der Waals surface area contributed by atoms with E-state index in [1.54, 1.807) is 6.07 Å². The van der Waals surface area contributed by atoms with E-state index in [1.807, 2.05) is 6.92 Å². The van der Waals surface area contributed by atoms with Gasteiger partial charge in [-0.25, -0.2) is 0 Å². The van der Waals surface area contributed by atoms with Crippen LogP contribution in [-0.2, 0) is 6.18 Å². The van der Waals surface area contributed by atoms with Crippen LogP contribution in [0.1, 0.15) is 18.1 Å². The minimum absolute atomic E-state index is 0.521. The van der Waals surface area contributed by atoms with Crippen molar-refractivity contribution >= 4 is 20.3 Å². The first-order valence-electron chi connectivity index (χ1n) is 4.36. The van der Waals surface area contributed by atoms with Crippen molar-refractivity contribution in [1.29, 1.82) is 0 Å². The molecule has 14 heavy (non-hydrogen) atoms. The molecule has 0 unspecified atom stereocenters. The highest BCUT2D eigenvalue weighted by molar-refractivity contribution is 6.63. The largest absolute Gasteiger partial charge is 0.416 e. The molecular weight excluding hydrogens is 205 g/mol. The van der Waals surface area contributed by atoms with E-state index in [9.17, 15) is 13.2 Å². The molecule has 1 aromatic rings. The van der Waals surface area contributed by atoms with Gasteiger partial charge in [0.05, 0.1) is 15.1 Å². The van der Waals surface area contributed by atoms with Gasteiger partial charge in [-0.1, -0.05) is 28.6 Å². The Labute approximate surface area is 82.3 Å². The molecule has 0 fully saturated rings. The molecule has 74 valence electrons. The fourth-order valence-electron chi connectivity index (χ4n) is 1.70. The van der Waals surface area contributed by atoms with Gasteiger partial charge in [0.2, 0.25) is 0 Å². The fourth-order valence-corrected chi connectivity index (χ4v) is 3.40. The van der Waals surface area contributed by atoms with Gasteiger partial charge in [0.1, 0.15) is 0 Å². The maximum absolute atomic E-state index is 12.4. The van der Waals surface area contributed by atoms with Gasteiger partial charge in [-0.3, -0.25) is 0 Å². The molecule has 0 bridgehead atoms. The molecule has 0 amide bonds. The first-order chi connectivity index (χ1) is 6.48. The summed E-state index contributed by atoms with van der Waals surface area (Å²) < 4.78 is 37.1. The SMILES string of the molecule is CC1=C[SiH2]c2cc(C(F)(F)F)ccc21. The van der Waals surface area contributed by atoms with Crippen molar-refractivity contribution < 1.29 is 13.2 Å². The van der Waals surface area contributed by atoms with Crippen LogP contribution in [-0.4, -0.2) is 9.52 Å². The highest BCUT2D eigenvalue weighted by Crippen LogP contribution is 2.30. The number of fused-ring (bicyclic) bond motifs is 1. The monoisotopic (exact) mass is 214 g/mol. The van der Waals surface area contributed by atoms with Crippen LogP contribution in [0.2, 0.25) is 0 Å². The molecule has 1 aliphatic rings. The smallest absolute Gasteiger partial charge is 0.166 e. The maximum atomic E-state index is 12.4. The Hall–Kier alpha value is -1.03. The van der Waals surface area contributed by atoms with Crippen LogP contribution in [0.25, 0.3) is 5.57 Å². The molecule has 1 heterocycles. The lowest BCUT2D eigenvalue weighted by atomic mass is 10.1. The van der Waals surface area contributed by atoms with E-state index >= 15 is 0 Å². The summed E-state index contributed by atoms with van der Waals surface area (Å²) in [5.41, 5.74) is 3.70. The van der Waals surface area contributed by atoms with Crippen molar-refractivity contribution in [2.45, 2.75) is 13.1 Å². The predicted molar refractivity (Wildman–Crippen MR) is 53.3 cm³/mol. The van der Waals surface area contributed by atoms with E-state index in [1.165, 1.54) is 6.07 Å². The van der Waals surface area contributed by atoms with Gasteiger partial charge >= 0.3 is 6.18 Å². The number of rotatable bonds is 0. The summed E-state index contributed by atoms with van der Waals surface area (Å²) in [6.07, 6.45) is -4.21. The van der Waals surface area contributed by atoms with Gasteiger partial charge in [-0.2, -0.15) is 13.2 Å². The Morgan fingerprint density at radius 2 is 1.93 bits per heavy atom. The third-order valence-corrected chi connectivity index (χ3v) is 4.33. The summed E-state index contributed by atoms with van der Waals surface area (Å²) in [5, 5.41) is 0.914. The molecule has 1 aromatic carbocycles. The van der Waals surface area contributed by atoms with Crippen LogP contribution < -0.4 is 5.19 Å². The van der Waals surface area contributed by atoms with Gasteiger partial charge in [-0.05, 0) is 18.6 Å². The van der Waals surface area contributed by atoms with E-state index in [4.69, 9.17) is 0 Å². The molecule has 0 nitrogen and oxygen atoms in total. The Balaban J connectivity index is 2.46. The zero-order valence-corrected chi connectivity index (χ0v) is 9.06. The third kappa shape index (κ3) is 1.50. The quantitative estimate of drug-likeness (QED) is 0.578. The normalized spacial score (nSPS) is 17.0. The van der Waals surface area contributed by atoms with Crippen molar-refractivity contribution in [2.75, 3.05) is 0 Å². The van der Waals surface area contributed by atoms with Crippen LogP contribution in [0, 0.1) is 0 Å². The summed E-state index contributed by atoms with van der Waals surface area (Å²) in [6.45, 7) is 1.95. The van der Waals surface area contributed by atoms with Crippen LogP contribution in [0.4, 0.5) is 13.2 Å². The number of hydrogen-bond acceptors (Lipinski definition) is 0. The first-order valence-corrected chi connectivity index (χ1v) is 5.88. The molecule has 4 heteroatoms. The van der Waals surface area contributed by atoms with Gasteiger partial charge < -0.3 is 0 Å². The lowest BCUT2D eigenvalue weighted by Gasteiger charge is -2.09. The molecule has 0 aliphatic carbocycles. The van der Waals surface area contributed by atoms with E-state index in [-0.39, 0.29) is 0 Å². The summed E-state index contributed by atoms with van der Waals surface area (Å²) in [4.78, 5) is 0. The Morgan fingerprint density at radius 1 is 1.21 bits per heavy atom. The Bertz CT molecular complexity index is 404. The average molecular weight is 214 g/mol. The van der Waals surface area contributed by atoms with Gasteiger partial charge in [0.25, 0.3) is 0 Å². The molecule has 2 rings (SSSR count). The number of benzene rings is 1. The summed E-state index contributed by atoms with van der Waals surface area (Å²) in [6, 6.07) is 4.05. The molecule has 0 N–H and O–H groups in total. The van der Waals surface area contributed by atoms with Crippen LogP contribution in [0.3, 0.4) is 0 Å². The third-order valence-electron chi connectivity index (χ3n) is 2.49. The number of allylic oxidation sites excluding steroid dienone is 1. The maximum Gasteiger partial charge on any atom is 0.416 e. The van der Waals surface area contributed by atoms with E-state index in [0.29, 0.717) is 0 Å². The van der Waals surface area contributed by atoms with Gasteiger partial charge in [0.15, 0.2) is 0 Å². The summed E-state index contributed by atoms with van der Waals surface area (Å²) in [7, 11) is -0.597. The molecule has 0 aromatic heterocycles. The molecule has 0 radical (unpaired) electrons. The molecule has 0 saturated heterocycles. The number of alkyl halides is 3. The molecule has 0 saturated carbocycles. The van der Waals surface area contributed by atoms with Crippen molar-refractivity contribution in [1.82, 2.24) is 0 Å². The minimum atomic E-state index is -4.21. The van der Waals surface area contributed by atoms with Gasteiger partial charge in [-0.15, -0.1) is 0 Å². The topological polar surface area (TPSA) is 0 Å². The van der Waals surface area contributed by atoms with Crippen LogP contribution >= 0.6 is 0 Å². The second-order valence-corrected chi connectivity index (χ2v) is 5.04. The molecular formula is C10H9F3Si. The highest BCUT2D eigenvalue weighted by atomic mass is 28.2. The molecule has 0 spiro atoms. The molecule has 0 atom stereocenters. The lowest BCUT2D eigenvalue weighted by molar-refractivity contribution is -0.137. The van der Waals surface area contributed by atoms with Crippen LogP contribution in [0.15, 0.2) is 23.9 Å². The van der Waals surface area contributed by atoms with E-state index in [0.717, 1.165) is 22.4 Å². The minimum Gasteiger partial charge on any atom is -0.166 e. The van der Waals surface area contributed by atoms with Crippen molar-refractivity contribution in [3.63, 3.8) is 0 Å². The zero-order chi connectivity index (χ0) is 10.3. The summed E-state index contributed by atoms with van der Waals surface area (Å²) >= 11 is 0. The van der Waals surface area contributed by atoms with Crippen LogP contribution in [0.5, 0.6) is 0 Å². The van der Waals surface area contributed by atoms with Crippen molar-refractivity contribution in [3.05, 3.63) is 35.0 Å². The Morgan fingerprint density at radius 3 is 2.57 bits per heavy atom. The summed E-state index contributed by atoms with van der Waals surface area (Å²) in [5.74, 6) is 0. The highest BCUT2D eigenvalue weighted by Gasteiger charge is 2.31. The van der Waals surface area contributed by atoms with Crippen molar-refractivity contribution in [2.24, 2.45) is 0 Å². The lowest BCUT2D eigenvalue weighted by Crippen LogP contribution is -2.16. The van der Waals surface area contributed by atoms with Gasteiger partial charge in [0, 0.05) is 0 Å². The van der Waals surface area contributed by atoms with E-state index in [2.05, 4.69) is 5.70 Å². The number of hydrogen-bond donors (Lipinski definition) is 0.